The van der Waals surface area contributed by atoms with E-state index in [4.69, 9.17) is 33.0 Å². The molecule has 0 bridgehead atoms. The SMILES string of the molecule is O=C(O)CCC(=O)NCCOC(=O)c1[nH]c2cc(Cl)ccc2c1-c1c(-c2ccc(F)cc2)ncn1Cc1ccc(Cl)cc1. The first-order valence-corrected chi connectivity index (χ1v) is 14.0. The Labute approximate surface area is 255 Å². The van der Waals surface area contributed by atoms with E-state index in [0.29, 0.717) is 50.0 Å². The van der Waals surface area contributed by atoms with Gasteiger partial charge in [0.2, 0.25) is 5.91 Å². The van der Waals surface area contributed by atoms with Crippen molar-refractivity contribution in [2.45, 2.75) is 19.4 Å². The number of hydrogen-bond acceptors (Lipinski definition) is 5. The molecule has 9 nitrogen and oxygen atoms in total. The zero-order chi connectivity index (χ0) is 30.5. The summed E-state index contributed by atoms with van der Waals surface area (Å²) in [7, 11) is 0. The second kappa shape index (κ2) is 13.1. The molecule has 2 aromatic heterocycles. The summed E-state index contributed by atoms with van der Waals surface area (Å²) >= 11 is 12.4. The maximum Gasteiger partial charge on any atom is 0.355 e. The van der Waals surface area contributed by atoms with Gasteiger partial charge in [-0.1, -0.05) is 41.4 Å². The summed E-state index contributed by atoms with van der Waals surface area (Å²) in [6.45, 7) is 0.237. The van der Waals surface area contributed by atoms with E-state index in [0.717, 1.165) is 5.56 Å². The average Bonchev–Trinajstić information content (AvgIpc) is 3.56. The van der Waals surface area contributed by atoms with E-state index in [1.165, 1.54) is 12.1 Å². The Kier molecular flexibility index (Phi) is 9.08. The van der Waals surface area contributed by atoms with Crippen LogP contribution in [0.2, 0.25) is 10.0 Å². The highest BCUT2D eigenvalue weighted by molar-refractivity contribution is 6.31. The van der Waals surface area contributed by atoms with Crippen molar-refractivity contribution in [2.24, 2.45) is 0 Å². The lowest BCUT2D eigenvalue weighted by Crippen LogP contribution is -2.28. The van der Waals surface area contributed by atoms with E-state index in [1.807, 2.05) is 16.7 Å². The second-order valence-electron chi connectivity index (χ2n) is 9.65. The number of halogens is 3. The van der Waals surface area contributed by atoms with Crippen LogP contribution in [-0.2, 0) is 20.9 Å². The third-order valence-corrected chi connectivity index (χ3v) is 7.13. The molecule has 0 unspecified atom stereocenters. The zero-order valence-electron chi connectivity index (χ0n) is 22.6. The maximum absolute atomic E-state index is 13.8. The van der Waals surface area contributed by atoms with E-state index in [-0.39, 0.29) is 31.7 Å². The topological polar surface area (TPSA) is 126 Å². The predicted octanol–water partition coefficient (Wildman–Crippen LogP) is 6.33. The molecule has 3 N–H and O–H groups in total. The van der Waals surface area contributed by atoms with Crippen LogP contribution in [0.4, 0.5) is 4.39 Å². The highest BCUT2D eigenvalue weighted by Crippen LogP contribution is 2.39. The van der Waals surface area contributed by atoms with Crippen molar-refractivity contribution < 1.29 is 28.6 Å². The molecular weight excluding hydrogens is 598 g/mol. The molecule has 0 aliphatic heterocycles. The number of carboxylic acids is 1. The van der Waals surface area contributed by atoms with Gasteiger partial charge in [0, 0.05) is 45.0 Å². The molecule has 0 radical (unpaired) electrons. The Hall–Kier alpha value is -4.67. The molecule has 1 amide bonds. The summed E-state index contributed by atoms with van der Waals surface area (Å²) in [4.78, 5) is 43.8. The lowest BCUT2D eigenvalue weighted by molar-refractivity contribution is -0.138. The number of carbonyl (C=O) groups is 3. The van der Waals surface area contributed by atoms with Crippen molar-refractivity contribution in [3.05, 3.63) is 100 Å². The van der Waals surface area contributed by atoms with Gasteiger partial charge in [-0.15, -0.1) is 0 Å². The van der Waals surface area contributed by atoms with E-state index in [9.17, 15) is 18.8 Å². The Bertz CT molecular complexity index is 1800. The highest BCUT2D eigenvalue weighted by Gasteiger charge is 2.27. The van der Waals surface area contributed by atoms with Crippen LogP contribution in [0, 0.1) is 5.82 Å². The first-order valence-electron chi connectivity index (χ1n) is 13.2. The number of fused-ring (bicyclic) bond motifs is 1. The number of imidazole rings is 1. The van der Waals surface area contributed by atoms with Gasteiger partial charge < -0.3 is 24.7 Å². The monoisotopic (exact) mass is 622 g/mol. The molecule has 0 fully saturated rings. The number of nitrogens with zero attached hydrogens (tertiary/aromatic N) is 2. The highest BCUT2D eigenvalue weighted by atomic mass is 35.5. The number of aromatic amines is 1. The van der Waals surface area contributed by atoms with Gasteiger partial charge in [-0.3, -0.25) is 9.59 Å². The minimum absolute atomic E-state index is 0.000904. The van der Waals surface area contributed by atoms with Crippen molar-refractivity contribution in [1.29, 1.82) is 0 Å². The average molecular weight is 623 g/mol. The van der Waals surface area contributed by atoms with Crippen molar-refractivity contribution in [3.63, 3.8) is 0 Å². The van der Waals surface area contributed by atoms with E-state index in [1.54, 1.807) is 48.8 Å². The molecule has 0 saturated heterocycles. The van der Waals surface area contributed by atoms with Gasteiger partial charge in [-0.25, -0.2) is 14.2 Å². The molecule has 2 heterocycles. The first-order chi connectivity index (χ1) is 20.7. The number of esters is 1. The molecule has 0 aliphatic rings. The van der Waals surface area contributed by atoms with E-state index >= 15 is 0 Å². The fourth-order valence-corrected chi connectivity index (χ4v) is 4.95. The number of benzene rings is 3. The number of ether oxygens (including phenoxy) is 1. The van der Waals surface area contributed by atoms with Crippen LogP contribution >= 0.6 is 23.2 Å². The van der Waals surface area contributed by atoms with Crippen LogP contribution in [0.1, 0.15) is 28.9 Å². The summed E-state index contributed by atoms with van der Waals surface area (Å²) < 4.78 is 21.2. The Morgan fingerprint density at radius 3 is 2.42 bits per heavy atom. The molecule has 12 heteroatoms. The minimum atomic E-state index is -1.08. The number of carbonyl (C=O) groups excluding carboxylic acids is 2. The number of aliphatic carboxylic acids is 1. The van der Waals surface area contributed by atoms with Crippen LogP contribution in [0.5, 0.6) is 0 Å². The van der Waals surface area contributed by atoms with Crippen molar-refractivity contribution in [3.8, 4) is 22.5 Å². The van der Waals surface area contributed by atoms with Crippen molar-refractivity contribution in [2.75, 3.05) is 13.2 Å². The standard InChI is InChI=1S/C31H25Cl2FN4O5/c32-20-5-1-18(2-6-20)16-38-17-36-28(19-3-8-22(34)9-4-19)30(38)27-23-10-7-21(33)15-24(23)37-29(27)31(42)43-14-13-35-25(39)11-12-26(40)41/h1-10,15,17,37H,11-14,16H2,(H,35,39)(H,40,41). The largest absolute Gasteiger partial charge is 0.481 e. The normalized spacial score (nSPS) is 11.0. The fraction of sp³-hybridized carbons (Fsp3) is 0.161. The molecule has 0 saturated carbocycles. The van der Waals surface area contributed by atoms with Gasteiger partial charge in [0.05, 0.1) is 30.7 Å². The van der Waals surface area contributed by atoms with Gasteiger partial charge in [-0.2, -0.15) is 0 Å². The molecular formula is C31H25Cl2FN4O5. The Morgan fingerprint density at radius 1 is 0.977 bits per heavy atom. The van der Waals surface area contributed by atoms with Crippen LogP contribution in [0.25, 0.3) is 33.4 Å². The minimum Gasteiger partial charge on any atom is -0.481 e. The van der Waals surface area contributed by atoms with Crippen molar-refractivity contribution in [1.82, 2.24) is 19.9 Å². The van der Waals surface area contributed by atoms with E-state index in [2.05, 4.69) is 15.3 Å². The molecule has 5 rings (SSSR count). The van der Waals surface area contributed by atoms with Crippen LogP contribution in [0.3, 0.4) is 0 Å². The Balaban J connectivity index is 1.54. The molecule has 0 atom stereocenters. The number of H-pyrrole nitrogens is 1. The number of rotatable bonds is 11. The Morgan fingerprint density at radius 2 is 1.70 bits per heavy atom. The molecule has 220 valence electrons. The lowest BCUT2D eigenvalue weighted by atomic mass is 10.0. The molecule has 0 aliphatic carbocycles. The molecule has 43 heavy (non-hydrogen) atoms. The third-order valence-electron chi connectivity index (χ3n) is 6.65. The third kappa shape index (κ3) is 7.04. The fourth-order valence-electron chi connectivity index (χ4n) is 4.65. The quantitative estimate of drug-likeness (QED) is 0.117. The van der Waals surface area contributed by atoms with Crippen molar-refractivity contribution >= 4 is 52.0 Å². The number of nitrogens with one attached hydrogen (secondary N) is 2. The van der Waals surface area contributed by atoms with Gasteiger partial charge in [0.15, 0.2) is 0 Å². The number of aromatic nitrogens is 3. The molecule has 0 spiro atoms. The molecule has 5 aromatic rings. The summed E-state index contributed by atoms with van der Waals surface area (Å²) in [5.74, 6) is -2.63. The lowest BCUT2D eigenvalue weighted by Gasteiger charge is -2.13. The molecule has 3 aromatic carbocycles. The zero-order valence-corrected chi connectivity index (χ0v) is 24.1. The maximum atomic E-state index is 13.8. The predicted molar refractivity (Wildman–Crippen MR) is 161 cm³/mol. The number of amides is 1. The van der Waals surface area contributed by atoms with Crippen LogP contribution in [0.15, 0.2) is 73.1 Å². The van der Waals surface area contributed by atoms with Gasteiger partial charge in [0.1, 0.15) is 18.1 Å². The summed E-state index contributed by atoms with van der Waals surface area (Å²) in [5, 5.41) is 13.0. The van der Waals surface area contributed by atoms with Crippen LogP contribution in [-0.4, -0.2) is 50.6 Å². The van der Waals surface area contributed by atoms with Gasteiger partial charge in [-0.05, 0) is 54.1 Å². The van der Waals surface area contributed by atoms with Gasteiger partial charge in [0.25, 0.3) is 0 Å². The van der Waals surface area contributed by atoms with Gasteiger partial charge >= 0.3 is 11.9 Å². The number of hydrogen-bond donors (Lipinski definition) is 3. The summed E-state index contributed by atoms with van der Waals surface area (Å²) in [6, 6.07) is 18.4. The smallest absolute Gasteiger partial charge is 0.355 e. The van der Waals surface area contributed by atoms with E-state index < -0.39 is 23.7 Å². The van der Waals surface area contributed by atoms with Crippen LogP contribution < -0.4 is 5.32 Å². The first kappa shape index (κ1) is 29.8. The number of carboxylic acid groups (broad SMARTS) is 1. The summed E-state index contributed by atoms with van der Waals surface area (Å²) in [6.07, 6.45) is 1.17. The second-order valence-corrected chi connectivity index (χ2v) is 10.5. The summed E-state index contributed by atoms with van der Waals surface area (Å²) in [5.41, 5.74) is 3.90.